The molecule has 1 heterocycles. The maximum atomic E-state index is 12.7. The molecule has 5 nitrogen and oxygen atoms in total. The molecule has 2 amide bonds. The summed E-state index contributed by atoms with van der Waals surface area (Å²) < 4.78 is 5.27. The van der Waals surface area contributed by atoms with Gasteiger partial charge >= 0.3 is 0 Å². The number of nitrogens with zero attached hydrogens (tertiary/aromatic N) is 1. The van der Waals surface area contributed by atoms with Crippen LogP contribution in [0.15, 0.2) is 42.5 Å². The van der Waals surface area contributed by atoms with E-state index in [1.165, 1.54) is 4.90 Å². The predicted molar refractivity (Wildman–Crippen MR) is 93.7 cm³/mol. The SMILES string of the molecule is COc1ccccc1N[C@@H]1CC(=O)N(c2cccc(Cl)c2C)C1=O. The molecule has 2 aromatic rings. The molecule has 0 aliphatic carbocycles. The lowest BCUT2D eigenvalue weighted by molar-refractivity contribution is -0.121. The lowest BCUT2D eigenvalue weighted by Crippen LogP contribution is -2.35. The third-order valence-electron chi connectivity index (χ3n) is 4.06. The normalized spacial score (nSPS) is 17.3. The molecule has 24 heavy (non-hydrogen) atoms. The van der Waals surface area contributed by atoms with Crippen molar-refractivity contribution in [3.05, 3.63) is 53.1 Å². The fourth-order valence-corrected chi connectivity index (χ4v) is 2.96. The first-order valence-electron chi connectivity index (χ1n) is 7.54. The summed E-state index contributed by atoms with van der Waals surface area (Å²) in [6.45, 7) is 1.79. The largest absolute Gasteiger partial charge is 0.495 e. The number of anilines is 2. The third kappa shape index (κ3) is 2.83. The maximum Gasteiger partial charge on any atom is 0.256 e. The van der Waals surface area contributed by atoms with E-state index in [0.717, 1.165) is 0 Å². The number of hydrogen-bond acceptors (Lipinski definition) is 4. The topological polar surface area (TPSA) is 58.6 Å². The molecule has 0 saturated carbocycles. The van der Waals surface area contributed by atoms with E-state index < -0.39 is 6.04 Å². The first kappa shape index (κ1) is 16.3. The smallest absolute Gasteiger partial charge is 0.256 e. The van der Waals surface area contributed by atoms with Crippen molar-refractivity contribution in [1.29, 1.82) is 0 Å². The van der Waals surface area contributed by atoms with Gasteiger partial charge in [0.05, 0.1) is 24.9 Å². The van der Waals surface area contributed by atoms with Gasteiger partial charge in [-0.05, 0) is 36.8 Å². The Morgan fingerprint density at radius 2 is 1.92 bits per heavy atom. The van der Waals surface area contributed by atoms with E-state index >= 15 is 0 Å². The number of carbonyl (C=O) groups excluding carboxylic acids is 2. The maximum absolute atomic E-state index is 12.7. The summed E-state index contributed by atoms with van der Waals surface area (Å²) in [7, 11) is 1.56. The zero-order chi connectivity index (χ0) is 17.3. The number of benzene rings is 2. The number of hydrogen-bond donors (Lipinski definition) is 1. The van der Waals surface area contributed by atoms with Crippen LogP contribution >= 0.6 is 11.6 Å². The van der Waals surface area contributed by atoms with Gasteiger partial charge in [-0.25, -0.2) is 4.90 Å². The van der Waals surface area contributed by atoms with Crippen molar-refractivity contribution in [2.45, 2.75) is 19.4 Å². The molecule has 2 aromatic carbocycles. The van der Waals surface area contributed by atoms with Gasteiger partial charge in [0.2, 0.25) is 5.91 Å². The summed E-state index contributed by atoms with van der Waals surface area (Å²) in [5.41, 5.74) is 1.91. The first-order chi connectivity index (χ1) is 11.5. The van der Waals surface area contributed by atoms with Crippen molar-refractivity contribution in [1.82, 2.24) is 0 Å². The van der Waals surface area contributed by atoms with E-state index in [1.807, 2.05) is 18.2 Å². The predicted octanol–water partition coefficient (Wildman–Crippen LogP) is 3.40. The molecule has 0 bridgehead atoms. The standard InChI is InChI=1S/C18H17ClN2O3/c1-11-12(19)6-5-8-15(11)21-17(22)10-14(18(21)23)20-13-7-3-4-9-16(13)24-2/h3-9,14,20H,10H2,1-2H3/t14-/m1/s1. The number of amides is 2. The minimum atomic E-state index is -0.632. The average molecular weight is 345 g/mol. The highest BCUT2D eigenvalue weighted by atomic mass is 35.5. The summed E-state index contributed by atoms with van der Waals surface area (Å²) in [4.78, 5) is 26.3. The lowest BCUT2D eigenvalue weighted by Gasteiger charge is -2.19. The van der Waals surface area contributed by atoms with Crippen LogP contribution < -0.4 is 15.0 Å². The highest BCUT2D eigenvalue weighted by Crippen LogP contribution is 2.32. The number of methoxy groups -OCH3 is 1. The summed E-state index contributed by atoms with van der Waals surface area (Å²) in [6, 6.07) is 11.8. The first-order valence-corrected chi connectivity index (χ1v) is 7.92. The van der Waals surface area contributed by atoms with E-state index in [9.17, 15) is 9.59 Å². The molecule has 0 aromatic heterocycles. The fourth-order valence-electron chi connectivity index (χ4n) is 2.79. The number of carbonyl (C=O) groups is 2. The number of rotatable bonds is 4. The van der Waals surface area contributed by atoms with Crippen LogP contribution in [0.4, 0.5) is 11.4 Å². The molecule has 1 atom stereocenters. The molecule has 1 N–H and O–H groups in total. The van der Waals surface area contributed by atoms with E-state index in [0.29, 0.717) is 27.7 Å². The molecule has 124 valence electrons. The van der Waals surface area contributed by atoms with Crippen LogP contribution in [-0.4, -0.2) is 25.0 Å². The highest BCUT2D eigenvalue weighted by Gasteiger charge is 2.40. The average Bonchev–Trinajstić information content (AvgIpc) is 2.85. The van der Waals surface area contributed by atoms with Crippen molar-refractivity contribution in [2.75, 3.05) is 17.3 Å². The number of nitrogens with one attached hydrogen (secondary N) is 1. The minimum Gasteiger partial charge on any atom is -0.495 e. The van der Waals surface area contributed by atoms with Crippen LogP contribution in [0, 0.1) is 6.92 Å². The van der Waals surface area contributed by atoms with E-state index in [4.69, 9.17) is 16.3 Å². The summed E-state index contributed by atoms with van der Waals surface area (Å²) in [5.74, 6) is 0.0733. The van der Waals surface area contributed by atoms with Gasteiger partial charge in [-0.3, -0.25) is 9.59 Å². The zero-order valence-electron chi connectivity index (χ0n) is 13.4. The molecule has 1 aliphatic heterocycles. The Morgan fingerprint density at radius 1 is 1.17 bits per heavy atom. The van der Waals surface area contributed by atoms with Gasteiger partial charge in [-0.2, -0.15) is 0 Å². The molecule has 3 rings (SSSR count). The van der Waals surface area contributed by atoms with Gasteiger partial charge in [0, 0.05) is 5.02 Å². The number of halogens is 1. The Labute approximate surface area is 145 Å². The number of para-hydroxylation sites is 2. The Kier molecular flexibility index (Phi) is 4.44. The molecule has 0 spiro atoms. The molecule has 6 heteroatoms. The second kappa shape index (κ2) is 6.53. The van der Waals surface area contributed by atoms with E-state index in [2.05, 4.69) is 5.32 Å². The lowest BCUT2D eigenvalue weighted by atomic mass is 10.2. The van der Waals surface area contributed by atoms with Crippen LogP contribution in [0.25, 0.3) is 0 Å². The minimum absolute atomic E-state index is 0.0861. The number of imide groups is 1. The highest BCUT2D eigenvalue weighted by molar-refractivity contribution is 6.32. The Morgan fingerprint density at radius 3 is 2.67 bits per heavy atom. The van der Waals surface area contributed by atoms with Gasteiger partial charge in [-0.1, -0.05) is 29.8 Å². The van der Waals surface area contributed by atoms with E-state index in [-0.39, 0.29) is 18.2 Å². The zero-order valence-corrected chi connectivity index (χ0v) is 14.1. The van der Waals surface area contributed by atoms with Crippen molar-refractivity contribution in [3.8, 4) is 5.75 Å². The molecule has 0 radical (unpaired) electrons. The molecule has 1 fully saturated rings. The van der Waals surface area contributed by atoms with Gasteiger partial charge < -0.3 is 10.1 Å². The van der Waals surface area contributed by atoms with Crippen LogP contribution in [0.5, 0.6) is 5.75 Å². The van der Waals surface area contributed by atoms with Gasteiger partial charge in [-0.15, -0.1) is 0 Å². The fraction of sp³-hybridized carbons (Fsp3) is 0.222. The molecular formula is C18H17ClN2O3. The van der Waals surface area contributed by atoms with Crippen molar-refractivity contribution in [2.24, 2.45) is 0 Å². The molecular weight excluding hydrogens is 328 g/mol. The quantitative estimate of drug-likeness (QED) is 0.864. The third-order valence-corrected chi connectivity index (χ3v) is 4.47. The van der Waals surface area contributed by atoms with E-state index in [1.54, 1.807) is 38.3 Å². The second-order valence-electron chi connectivity index (χ2n) is 5.55. The van der Waals surface area contributed by atoms with Crippen LogP contribution in [0.1, 0.15) is 12.0 Å². The Balaban J connectivity index is 1.88. The Hall–Kier alpha value is -2.53. The number of ether oxygens (including phenoxy) is 1. The molecule has 1 saturated heterocycles. The summed E-state index contributed by atoms with van der Waals surface area (Å²) in [6.07, 6.45) is 0.0861. The second-order valence-corrected chi connectivity index (χ2v) is 5.96. The Bertz CT molecular complexity index is 807. The van der Waals surface area contributed by atoms with Crippen molar-refractivity contribution in [3.63, 3.8) is 0 Å². The van der Waals surface area contributed by atoms with Gasteiger partial charge in [0.1, 0.15) is 11.8 Å². The van der Waals surface area contributed by atoms with Crippen LogP contribution in [0.3, 0.4) is 0 Å². The monoisotopic (exact) mass is 344 g/mol. The summed E-state index contributed by atoms with van der Waals surface area (Å²) in [5, 5.41) is 3.63. The van der Waals surface area contributed by atoms with Gasteiger partial charge in [0.15, 0.2) is 0 Å². The van der Waals surface area contributed by atoms with Crippen molar-refractivity contribution >= 4 is 34.8 Å². The summed E-state index contributed by atoms with van der Waals surface area (Å²) >= 11 is 6.11. The molecule has 0 unspecified atom stereocenters. The van der Waals surface area contributed by atoms with Crippen LogP contribution in [-0.2, 0) is 9.59 Å². The molecule has 1 aliphatic rings. The van der Waals surface area contributed by atoms with Crippen molar-refractivity contribution < 1.29 is 14.3 Å². The van der Waals surface area contributed by atoms with Gasteiger partial charge in [0.25, 0.3) is 5.91 Å². The van der Waals surface area contributed by atoms with Crippen LogP contribution in [0.2, 0.25) is 5.02 Å².